The molecule has 0 aliphatic carbocycles. The molecule has 0 saturated heterocycles. The number of aromatic nitrogens is 1. The summed E-state index contributed by atoms with van der Waals surface area (Å²) in [6, 6.07) is 4.67. The van der Waals surface area contributed by atoms with Gasteiger partial charge in [0.2, 0.25) is 0 Å². The Morgan fingerprint density at radius 3 is 2.76 bits per heavy atom. The van der Waals surface area contributed by atoms with Crippen LogP contribution >= 0.6 is 0 Å². The van der Waals surface area contributed by atoms with Crippen molar-refractivity contribution in [2.24, 2.45) is 0 Å². The van der Waals surface area contributed by atoms with E-state index >= 15 is 0 Å². The lowest BCUT2D eigenvalue weighted by molar-refractivity contribution is 0.0685. The molecule has 5 nitrogen and oxygen atoms in total. The summed E-state index contributed by atoms with van der Waals surface area (Å²) in [4.78, 5) is 21.4. The standard InChI is InChI=1S/C11H6FNO4/c12-7-1-2-8(6(3-7)5-14)10-4-9(11(15)16)13-17-10/h1-5H,(H,15,16). The summed E-state index contributed by atoms with van der Waals surface area (Å²) >= 11 is 0. The van der Waals surface area contributed by atoms with Crippen molar-refractivity contribution in [2.75, 3.05) is 0 Å². The van der Waals surface area contributed by atoms with E-state index in [-0.39, 0.29) is 17.0 Å². The van der Waals surface area contributed by atoms with E-state index in [4.69, 9.17) is 9.63 Å². The summed E-state index contributed by atoms with van der Waals surface area (Å²) in [5.41, 5.74) is 0.0839. The number of benzene rings is 1. The van der Waals surface area contributed by atoms with Crippen LogP contribution in [0.3, 0.4) is 0 Å². The Morgan fingerprint density at radius 1 is 1.41 bits per heavy atom. The third-order valence-electron chi connectivity index (χ3n) is 2.14. The number of hydrogen-bond donors (Lipinski definition) is 1. The third kappa shape index (κ3) is 2.05. The van der Waals surface area contributed by atoms with E-state index in [0.29, 0.717) is 11.8 Å². The van der Waals surface area contributed by atoms with E-state index in [1.165, 1.54) is 12.1 Å². The van der Waals surface area contributed by atoms with Crippen molar-refractivity contribution in [1.82, 2.24) is 5.16 Å². The number of carboxylic acids is 1. The lowest BCUT2D eigenvalue weighted by atomic mass is 10.1. The maximum absolute atomic E-state index is 12.9. The van der Waals surface area contributed by atoms with Crippen molar-refractivity contribution >= 4 is 12.3 Å². The van der Waals surface area contributed by atoms with E-state index in [1.807, 2.05) is 0 Å². The smallest absolute Gasteiger partial charge is 0.358 e. The van der Waals surface area contributed by atoms with Crippen molar-refractivity contribution in [3.63, 3.8) is 0 Å². The molecule has 0 unspecified atom stereocenters. The molecule has 2 aromatic rings. The van der Waals surface area contributed by atoms with Gasteiger partial charge >= 0.3 is 5.97 Å². The summed E-state index contributed by atoms with van der Waals surface area (Å²) < 4.78 is 17.7. The highest BCUT2D eigenvalue weighted by molar-refractivity contribution is 5.89. The molecule has 0 fully saturated rings. The number of nitrogens with zero attached hydrogens (tertiary/aromatic N) is 1. The first-order valence-corrected chi connectivity index (χ1v) is 4.57. The molecular formula is C11H6FNO4. The first-order chi connectivity index (χ1) is 8.11. The van der Waals surface area contributed by atoms with Gasteiger partial charge in [0, 0.05) is 17.2 Å². The zero-order valence-electron chi connectivity index (χ0n) is 8.38. The van der Waals surface area contributed by atoms with E-state index < -0.39 is 11.8 Å². The topological polar surface area (TPSA) is 80.4 Å². The largest absolute Gasteiger partial charge is 0.476 e. The fraction of sp³-hybridized carbons (Fsp3) is 0. The highest BCUT2D eigenvalue weighted by Crippen LogP contribution is 2.24. The fourth-order valence-corrected chi connectivity index (χ4v) is 1.36. The highest BCUT2D eigenvalue weighted by Gasteiger charge is 2.15. The lowest BCUT2D eigenvalue weighted by Crippen LogP contribution is -1.94. The van der Waals surface area contributed by atoms with Crippen LogP contribution < -0.4 is 0 Å². The van der Waals surface area contributed by atoms with E-state index in [2.05, 4.69) is 5.16 Å². The molecule has 2 rings (SSSR count). The Bertz CT molecular complexity index is 591. The predicted molar refractivity (Wildman–Crippen MR) is 54.2 cm³/mol. The first kappa shape index (κ1) is 11.0. The minimum absolute atomic E-state index is 0.0677. The Labute approximate surface area is 94.5 Å². The van der Waals surface area contributed by atoms with Gasteiger partial charge in [-0.2, -0.15) is 0 Å². The van der Waals surface area contributed by atoms with Crippen molar-refractivity contribution in [1.29, 1.82) is 0 Å². The van der Waals surface area contributed by atoms with Crippen LogP contribution in [-0.2, 0) is 0 Å². The fourth-order valence-electron chi connectivity index (χ4n) is 1.36. The molecule has 0 amide bonds. The van der Waals surface area contributed by atoms with Gasteiger partial charge in [-0.25, -0.2) is 9.18 Å². The summed E-state index contributed by atoms with van der Waals surface area (Å²) in [7, 11) is 0. The molecule has 1 aromatic carbocycles. The zero-order valence-corrected chi connectivity index (χ0v) is 8.38. The second kappa shape index (κ2) is 4.17. The Kier molecular flexibility index (Phi) is 2.70. The molecule has 86 valence electrons. The van der Waals surface area contributed by atoms with Crippen LogP contribution in [0.4, 0.5) is 4.39 Å². The van der Waals surface area contributed by atoms with E-state index in [9.17, 15) is 14.0 Å². The molecule has 1 heterocycles. The molecule has 0 radical (unpaired) electrons. The lowest BCUT2D eigenvalue weighted by Gasteiger charge is -1.99. The molecule has 1 aromatic heterocycles. The highest BCUT2D eigenvalue weighted by atomic mass is 19.1. The normalized spacial score (nSPS) is 10.2. The summed E-state index contributed by atoms with van der Waals surface area (Å²) in [5, 5.41) is 12.0. The SMILES string of the molecule is O=Cc1cc(F)ccc1-c1cc(C(=O)O)no1. The van der Waals surface area contributed by atoms with Gasteiger partial charge in [0.1, 0.15) is 5.82 Å². The molecular weight excluding hydrogens is 229 g/mol. The van der Waals surface area contributed by atoms with Gasteiger partial charge < -0.3 is 9.63 Å². The van der Waals surface area contributed by atoms with Crippen LogP contribution in [0.1, 0.15) is 20.8 Å². The molecule has 0 spiro atoms. The van der Waals surface area contributed by atoms with Crippen LogP contribution in [-0.4, -0.2) is 22.5 Å². The van der Waals surface area contributed by atoms with Gasteiger partial charge in [0.15, 0.2) is 17.7 Å². The van der Waals surface area contributed by atoms with Gasteiger partial charge in [-0.15, -0.1) is 0 Å². The quantitative estimate of drug-likeness (QED) is 0.823. The molecule has 0 bridgehead atoms. The van der Waals surface area contributed by atoms with Crippen LogP contribution in [0.15, 0.2) is 28.8 Å². The molecule has 0 aliphatic rings. The average Bonchev–Trinajstić information content (AvgIpc) is 2.78. The predicted octanol–water partition coefficient (Wildman–Crippen LogP) is 1.99. The van der Waals surface area contributed by atoms with Gasteiger partial charge in [-0.1, -0.05) is 5.16 Å². The number of carbonyl (C=O) groups excluding carboxylic acids is 1. The Hall–Kier alpha value is -2.50. The van der Waals surface area contributed by atoms with Crippen molar-refractivity contribution in [3.05, 3.63) is 41.3 Å². The summed E-state index contributed by atoms with van der Waals surface area (Å²) in [5.74, 6) is -1.70. The van der Waals surface area contributed by atoms with E-state index in [0.717, 1.165) is 12.1 Å². The Morgan fingerprint density at radius 2 is 2.18 bits per heavy atom. The average molecular weight is 235 g/mol. The zero-order chi connectivity index (χ0) is 12.4. The van der Waals surface area contributed by atoms with Gasteiger partial charge in [-0.3, -0.25) is 4.79 Å². The molecule has 0 atom stereocenters. The number of carbonyl (C=O) groups is 2. The molecule has 6 heteroatoms. The van der Waals surface area contributed by atoms with Crippen LogP contribution in [0.25, 0.3) is 11.3 Å². The Balaban J connectivity index is 2.52. The van der Waals surface area contributed by atoms with Gasteiger partial charge in [0.25, 0.3) is 0 Å². The maximum atomic E-state index is 12.9. The summed E-state index contributed by atoms with van der Waals surface area (Å²) in [6.45, 7) is 0. The number of aromatic carboxylic acids is 1. The van der Waals surface area contributed by atoms with Gasteiger partial charge in [-0.05, 0) is 18.2 Å². The number of aldehydes is 1. The van der Waals surface area contributed by atoms with Crippen molar-refractivity contribution in [3.8, 4) is 11.3 Å². The number of hydrogen-bond acceptors (Lipinski definition) is 4. The van der Waals surface area contributed by atoms with Crippen molar-refractivity contribution in [2.45, 2.75) is 0 Å². The van der Waals surface area contributed by atoms with Gasteiger partial charge in [0.05, 0.1) is 0 Å². The van der Waals surface area contributed by atoms with Crippen LogP contribution in [0.5, 0.6) is 0 Å². The number of rotatable bonds is 3. The summed E-state index contributed by atoms with van der Waals surface area (Å²) in [6.07, 6.45) is 0.460. The minimum Gasteiger partial charge on any atom is -0.476 e. The second-order valence-electron chi connectivity index (χ2n) is 3.23. The molecule has 0 aliphatic heterocycles. The first-order valence-electron chi connectivity index (χ1n) is 4.57. The van der Waals surface area contributed by atoms with Crippen LogP contribution in [0.2, 0.25) is 0 Å². The second-order valence-corrected chi connectivity index (χ2v) is 3.23. The van der Waals surface area contributed by atoms with Crippen molar-refractivity contribution < 1.29 is 23.6 Å². The third-order valence-corrected chi connectivity index (χ3v) is 2.14. The van der Waals surface area contributed by atoms with Crippen LogP contribution in [0, 0.1) is 5.82 Å². The molecule has 0 saturated carbocycles. The monoisotopic (exact) mass is 235 g/mol. The maximum Gasteiger partial charge on any atom is 0.358 e. The number of carboxylic acid groups (broad SMARTS) is 1. The number of halogens is 1. The molecule has 17 heavy (non-hydrogen) atoms. The molecule has 1 N–H and O–H groups in total. The minimum atomic E-state index is -1.24. The van der Waals surface area contributed by atoms with E-state index in [1.54, 1.807) is 0 Å².